The molecule has 0 radical (unpaired) electrons. The van der Waals surface area contributed by atoms with Gasteiger partial charge < -0.3 is 9.30 Å². The summed E-state index contributed by atoms with van der Waals surface area (Å²) in [4.78, 5) is 0. The first-order chi connectivity index (χ1) is 8.86. The van der Waals surface area contributed by atoms with Gasteiger partial charge in [-0.1, -0.05) is 12.1 Å². The molecule has 0 aliphatic carbocycles. The quantitative estimate of drug-likeness (QED) is 0.829. The zero-order valence-corrected chi connectivity index (χ0v) is 10.6. The molecule has 0 atom stereocenters. The summed E-state index contributed by atoms with van der Waals surface area (Å²) in [5, 5.41) is 8.59. The fraction of sp³-hybridized carbons (Fsp3) is 0.429. The first-order valence-corrected chi connectivity index (χ1v) is 6.41. The third-order valence-corrected chi connectivity index (χ3v) is 3.46. The molecule has 0 N–H and O–H groups in total. The average molecular weight is 243 g/mol. The lowest BCUT2D eigenvalue weighted by Crippen LogP contribution is -2.13. The third-order valence-electron chi connectivity index (χ3n) is 3.46. The van der Waals surface area contributed by atoms with Crippen molar-refractivity contribution in [1.29, 1.82) is 0 Å². The molecule has 0 saturated heterocycles. The standard InChI is InChI=1S/C14H17N3O/c1-18-12-7-5-11(6-8-12)10-14-16-15-13-4-2-3-9-17(13)14/h5-8H,2-4,9-10H2,1H3. The Hall–Kier alpha value is -1.84. The minimum atomic E-state index is 0.844. The van der Waals surface area contributed by atoms with Crippen LogP contribution in [0.5, 0.6) is 5.75 Å². The predicted molar refractivity (Wildman–Crippen MR) is 68.8 cm³/mol. The van der Waals surface area contributed by atoms with Crippen molar-refractivity contribution in [3.05, 3.63) is 41.5 Å². The monoisotopic (exact) mass is 243 g/mol. The molecule has 0 spiro atoms. The number of hydrogen-bond acceptors (Lipinski definition) is 3. The van der Waals surface area contributed by atoms with Gasteiger partial charge in [0.1, 0.15) is 17.4 Å². The van der Waals surface area contributed by atoms with Crippen molar-refractivity contribution in [2.45, 2.75) is 32.2 Å². The Labute approximate surface area is 107 Å². The van der Waals surface area contributed by atoms with Crippen LogP contribution in [-0.2, 0) is 19.4 Å². The summed E-state index contributed by atoms with van der Waals surface area (Å²) < 4.78 is 7.43. The minimum Gasteiger partial charge on any atom is -0.497 e. The maximum atomic E-state index is 5.16. The van der Waals surface area contributed by atoms with Crippen molar-refractivity contribution < 1.29 is 4.74 Å². The van der Waals surface area contributed by atoms with Crippen molar-refractivity contribution in [3.8, 4) is 5.75 Å². The molecule has 2 heterocycles. The first-order valence-electron chi connectivity index (χ1n) is 6.41. The lowest BCUT2D eigenvalue weighted by molar-refractivity contribution is 0.414. The van der Waals surface area contributed by atoms with Crippen LogP contribution < -0.4 is 4.74 Å². The van der Waals surface area contributed by atoms with Crippen LogP contribution in [0.3, 0.4) is 0 Å². The number of aromatic nitrogens is 3. The van der Waals surface area contributed by atoms with Crippen LogP contribution in [0.2, 0.25) is 0 Å². The predicted octanol–water partition coefficient (Wildman–Crippen LogP) is 2.21. The van der Waals surface area contributed by atoms with Crippen molar-refractivity contribution in [1.82, 2.24) is 14.8 Å². The maximum Gasteiger partial charge on any atom is 0.137 e. The van der Waals surface area contributed by atoms with Crippen LogP contribution in [0.4, 0.5) is 0 Å². The molecule has 1 aromatic carbocycles. The normalized spacial score (nSPS) is 14.3. The Kier molecular flexibility index (Phi) is 3.00. The molecule has 1 aromatic heterocycles. The summed E-state index contributed by atoms with van der Waals surface area (Å²) in [5.74, 6) is 3.11. The molecule has 94 valence electrons. The van der Waals surface area contributed by atoms with Gasteiger partial charge in [0.05, 0.1) is 7.11 Å². The number of nitrogens with zero attached hydrogens (tertiary/aromatic N) is 3. The topological polar surface area (TPSA) is 39.9 Å². The van der Waals surface area contributed by atoms with Gasteiger partial charge in [-0.25, -0.2) is 0 Å². The number of aryl methyl sites for hydroxylation is 1. The van der Waals surface area contributed by atoms with E-state index in [0.717, 1.165) is 36.8 Å². The molecular formula is C14H17N3O. The van der Waals surface area contributed by atoms with Crippen molar-refractivity contribution >= 4 is 0 Å². The van der Waals surface area contributed by atoms with Crippen LogP contribution in [-0.4, -0.2) is 21.9 Å². The smallest absolute Gasteiger partial charge is 0.137 e. The molecule has 1 aliphatic rings. The van der Waals surface area contributed by atoms with Gasteiger partial charge in [0.2, 0.25) is 0 Å². The van der Waals surface area contributed by atoms with Crippen molar-refractivity contribution in [3.63, 3.8) is 0 Å². The van der Waals surface area contributed by atoms with Crippen LogP contribution >= 0.6 is 0 Å². The molecule has 0 bridgehead atoms. The minimum absolute atomic E-state index is 0.844. The fourth-order valence-corrected chi connectivity index (χ4v) is 2.43. The maximum absolute atomic E-state index is 5.16. The fourth-order valence-electron chi connectivity index (χ4n) is 2.43. The van der Waals surface area contributed by atoms with E-state index < -0.39 is 0 Å². The van der Waals surface area contributed by atoms with E-state index in [4.69, 9.17) is 4.74 Å². The lowest BCUT2D eigenvalue weighted by Gasteiger charge is -2.14. The summed E-state index contributed by atoms with van der Waals surface area (Å²) in [5.41, 5.74) is 1.25. The molecule has 4 heteroatoms. The Morgan fingerprint density at radius 2 is 2.00 bits per heavy atom. The van der Waals surface area contributed by atoms with Gasteiger partial charge in [-0.15, -0.1) is 10.2 Å². The number of ether oxygens (including phenoxy) is 1. The van der Waals surface area contributed by atoms with Crippen LogP contribution in [0.25, 0.3) is 0 Å². The van der Waals surface area contributed by atoms with Crippen LogP contribution in [0, 0.1) is 0 Å². The molecule has 2 aromatic rings. The zero-order chi connectivity index (χ0) is 12.4. The summed E-state index contributed by atoms with van der Waals surface area (Å²) >= 11 is 0. The number of benzene rings is 1. The van der Waals surface area contributed by atoms with Crippen LogP contribution in [0.1, 0.15) is 30.1 Å². The van der Waals surface area contributed by atoms with Gasteiger partial charge in [-0.05, 0) is 30.5 Å². The lowest BCUT2D eigenvalue weighted by atomic mass is 10.1. The van der Waals surface area contributed by atoms with E-state index in [9.17, 15) is 0 Å². The molecular weight excluding hydrogens is 226 g/mol. The van der Waals surface area contributed by atoms with E-state index in [-0.39, 0.29) is 0 Å². The van der Waals surface area contributed by atoms with E-state index >= 15 is 0 Å². The highest BCUT2D eigenvalue weighted by Gasteiger charge is 2.15. The molecule has 0 fully saturated rings. The molecule has 0 unspecified atom stereocenters. The van der Waals surface area contributed by atoms with E-state index in [1.807, 2.05) is 12.1 Å². The van der Waals surface area contributed by atoms with Gasteiger partial charge in [-0.2, -0.15) is 0 Å². The van der Waals surface area contributed by atoms with Gasteiger partial charge in [-0.3, -0.25) is 0 Å². The van der Waals surface area contributed by atoms with Crippen molar-refractivity contribution in [2.24, 2.45) is 0 Å². The molecule has 0 amide bonds. The van der Waals surface area contributed by atoms with Crippen molar-refractivity contribution in [2.75, 3.05) is 7.11 Å². The Morgan fingerprint density at radius 3 is 2.78 bits per heavy atom. The highest BCUT2D eigenvalue weighted by Crippen LogP contribution is 2.18. The van der Waals surface area contributed by atoms with Gasteiger partial charge in [0, 0.05) is 19.4 Å². The number of rotatable bonds is 3. The highest BCUT2D eigenvalue weighted by molar-refractivity contribution is 5.29. The third kappa shape index (κ3) is 2.10. The van der Waals surface area contributed by atoms with Crippen LogP contribution in [0.15, 0.2) is 24.3 Å². The highest BCUT2D eigenvalue weighted by atomic mass is 16.5. The average Bonchev–Trinajstić information content (AvgIpc) is 2.83. The first kappa shape index (κ1) is 11.3. The van der Waals surface area contributed by atoms with E-state index in [1.54, 1.807) is 7.11 Å². The van der Waals surface area contributed by atoms with Gasteiger partial charge >= 0.3 is 0 Å². The summed E-state index contributed by atoms with van der Waals surface area (Å²) in [7, 11) is 1.68. The Bertz CT molecular complexity index is 530. The van der Waals surface area contributed by atoms with E-state index in [0.29, 0.717) is 0 Å². The molecule has 18 heavy (non-hydrogen) atoms. The molecule has 1 aliphatic heterocycles. The number of methoxy groups -OCH3 is 1. The summed E-state index contributed by atoms with van der Waals surface area (Å²) in [6.45, 7) is 1.06. The summed E-state index contributed by atoms with van der Waals surface area (Å²) in [6.07, 6.45) is 4.38. The number of hydrogen-bond donors (Lipinski definition) is 0. The molecule has 3 rings (SSSR count). The molecule has 0 saturated carbocycles. The largest absolute Gasteiger partial charge is 0.497 e. The SMILES string of the molecule is COc1ccc(Cc2nnc3n2CCCC3)cc1. The van der Waals surface area contributed by atoms with Gasteiger partial charge in [0.25, 0.3) is 0 Å². The Morgan fingerprint density at radius 1 is 1.17 bits per heavy atom. The second-order valence-electron chi connectivity index (χ2n) is 4.67. The summed E-state index contributed by atoms with van der Waals surface area (Å²) in [6, 6.07) is 8.15. The van der Waals surface area contributed by atoms with E-state index in [2.05, 4.69) is 26.9 Å². The Balaban J connectivity index is 1.81. The van der Waals surface area contributed by atoms with E-state index in [1.165, 1.54) is 18.4 Å². The second-order valence-corrected chi connectivity index (χ2v) is 4.67. The van der Waals surface area contributed by atoms with Gasteiger partial charge in [0.15, 0.2) is 0 Å². The second kappa shape index (κ2) is 4.80. The number of fused-ring (bicyclic) bond motifs is 1. The zero-order valence-electron chi connectivity index (χ0n) is 10.6. The molecule has 4 nitrogen and oxygen atoms in total.